The average Bonchev–Trinajstić information content (AvgIpc) is 2.31. The number of rotatable bonds is 3. The Kier molecular flexibility index (Phi) is 3.38. The maximum Gasteiger partial charge on any atom is 0.156 e. The van der Waals surface area contributed by atoms with Crippen LogP contribution >= 0.6 is 0 Å². The van der Waals surface area contributed by atoms with E-state index in [1.54, 1.807) is 12.4 Å². The van der Waals surface area contributed by atoms with Crippen LogP contribution in [-0.4, -0.2) is 9.97 Å². The molecule has 0 aliphatic heterocycles. The van der Waals surface area contributed by atoms with Crippen molar-refractivity contribution >= 4 is 0 Å². The lowest BCUT2D eigenvalue weighted by Gasteiger charge is -2.10. The second kappa shape index (κ2) is 4.95. The van der Waals surface area contributed by atoms with Crippen LogP contribution in [0.1, 0.15) is 22.5 Å². The number of aryl methyl sites for hydroxylation is 3. The summed E-state index contributed by atoms with van der Waals surface area (Å²) >= 11 is 0. The molecule has 0 N–H and O–H groups in total. The van der Waals surface area contributed by atoms with Crippen molar-refractivity contribution in [3.8, 4) is 5.75 Å². The number of aromatic nitrogens is 2. The largest absolute Gasteiger partial charge is 0.486 e. The molecule has 0 spiro atoms. The van der Waals surface area contributed by atoms with E-state index in [0.29, 0.717) is 12.4 Å². The van der Waals surface area contributed by atoms with Crippen LogP contribution in [-0.2, 0) is 6.61 Å². The monoisotopic (exact) mass is 228 g/mol. The molecule has 0 aliphatic carbocycles. The molecule has 0 radical (unpaired) electrons. The SMILES string of the molecule is Cc1ncc(OCc2c(C)cccc2C)cn1. The molecule has 0 atom stereocenters. The van der Waals surface area contributed by atoms with E-state index >= 15 is 0 Å². The third kappa shape index (κ3) is 2.81. The lowest BCUT2D eigenvalue weighted by atomic mass is 10.0. The summed E-state index contributed by atoms with van der Waals surface area (Å²) in [5, 5.41) is 0. The van der Waals surface area contributed by atoms with Gasteiger partial charge in [-0.15, -0.1) is 0 Å². The van der Waals surface area contributed by atoms with Gasteiger partial charge in [-0.05, 0) is 37.5 Å². The Bertz CT molecular complexity index is 486. The van der Waals surface area contributed by atoms with E-state index in [9.17, 15) is 0 Å². The molecule has 2 rings (SSSR count). The van der Waals surface area contributed by atoms with Gasteiger partial charge in [0, 0.05) is 0 Å². The highest BCUT2D eigenvalue weighted by atomic mass is 16.5. The van der Waals surface area contributed by atoms with E-state index in [2.05, 4.69) is 42.0 Å². The molecular formula is C14H16N2O. The summed E-state index contributed by atoms with van der Waals surface area (Å²) in [6.07, 6.45) is 3.41. The van der Waals surface area contributed by atoms with E-state index < -0.39 is 0 Å². The fraction of sp³-hybridized carbons (Fsp3) is 0.286. The quantitative estimate of drug-likeness (QED) is 0.810. The minimum Gasteiger partial charge on any atom is -0.486 e. The van der Waals surface area contributed by atoms with Crippen molar-refractivity contribution in [1.82, 2.24) is 9.97 Å². The molecule has 17 heavy (non-hydrogen) atoms. The molecule has 0 amide bonds. The van der Waals surface area contributed by atoms with Gasteiger partial charge in [-0.2, -0.15) is 0 Å². The predicted molar refractivity (Wildman–Crippen MR) is 67.0 cm³/mol. The normalized spacial score (nSPS) is 10.3. The summed E-state index contributed by atoms with van der Waals surface area (Å²) in [5.41, 5.74) is 3.73. The van der Waals surface area contributed by atoms with Crippen LogP contribution in [0.4, 0.5) is 0 Å². The molecule has 1 heterocycles. The molecule has 0 fully saturated rings. The van der Waals surface area contributed by atoms with Gasteiger partial charge in [-0.25, -0.2) is 9.97 Å². The highest BCUT2D eigenvalue weighted by Gasteiger charge is 2.03. The molecule has 1 aromatic carbocycles. The Hall–Kier alpha value is -1.90. The van der Waals surface area contributed by atoms with Crippen LogP contribution in [0.3, 0.4) is 0 Å². The highest BCUT2D eigenvalue weighted by Crippen LogP contribution is 2.16. The van der Waals surface area contributed by atoms with Crippen LogP contribution in [0.15, 0.2) is 30.6 Å². The van der Waals surface area contributed by atoms with E-state index in [0.717, 1.165) is 5.82 Å². The zero-order chi connectivity index (χ0) is 12.3. The van der Waals surface area contributed by atoms with Crippen molar-refractivity contribution in [2.24, 2.45) is 0 Å². The Balaban J connectivity index is 2.10. The Morgan fingerprint density at radius 2 is 1.59 bits per heavy atom. The molecule has 3 nitrogen and oxygen atoms in total. The second-order valence-corrected chi connectivity index (χ2v) is 4.13. The van der Waals surface area contributed by atoms with Crippen molar-refractivity contribution in [2.75, 3.05) is 0 Å². The van der Waals surface area contributed by atoms with E-state index in [-0.39, 0.29) is 0 Å². The molecule has 88 valence electrons. The molecular weight excluding hydrogens is 212 g/mol. The molecule has 2 aromatic rings. The lowest BCUT2D eigenvalue weighted by molar-refractivity contribution is 0.302. The molecule has 0 unspecified atom stereocenters. The first-order valence-corrected chi connectivity index (χ1v) is 5.63. The minimum atomic E-state index is 0.560. The zero-order valence-electron chi connectivity index (χ0n) is 10.4. The second-order valence-electron chi connectivity index (χ2n) is 4.13. The Labute approximate surface area is 102 Å². The fourth-order valence-electron chi connectivity index (χ4n) is 1.69. The third-order valence-corrected chi connectivity index (χ3v) is 2.78. The van der Waals surface area contributed by atoms with E-state index in [4.69, 9.17) is 4.74 Å². The highest BCUT2D eigenvalue weighted by molar-refractivity contribution is 5.33. The summed E-state index contributed by atoms with van der Waals surface area (Å²) < 4.78 is 5.68. The third-order valence-electron chi connectivity index (χ3n) is 2.78. The Morgan fingerprint density at radius 3 is 2.18 bits per heavy atom. The number of ether oxygens (including phenoxy) is 1. The first kappa shape index (κ1) is 11.6. The van der Waals surface area contributed by atoms with Gasteiger partial charge < -0.3 is 4.74 Å². The van der Waals surface area contributed by atoms with Crippen LogP contribution in [0.25, 0.3) is 0 Å². The molecule has 0 saturated heterocycles. The van der Waals surface area contributed by atoms with Gasteiger partial charge in [0.25, 0.3) is 0 Å². The average molecular weight is 228 g/mol. The predicted octanol–water partition coefficient (Wildman–Crippen LogP) is 2.98. The maximum absolute atomic E-state index is 5.68. The fourth-order valence-corrected chi connectivity index (χ4v) is 1.69. The summed E-state index contributed by atoms with van der Waals surface area (Å²) in [7, 11) is 0. The van der Waals surface area contributed by atoms with Crippen molar-refractivity contribution in [1.29, 1.82) is 0 Å². The maximum atomic E-state index is 5.68. The molecule has 0 aliphatic rings. The van der Waals surface area contributed by atoms with Crippen LogP contribution in [0, 0.1) is 20.8 Å². The number of hydrogen-bond acceptors (Lipinski definition) is 3. The van der Waals surface area contributed by atoms with Gasteiger partial charge in [-0.1, -0.05) is 18.2 Å². The number of benzene rings is 1. The molecule has 3 heteroatoms. The molecule has 0 saturated carbocycles. The van der Waals surface area contributed by atoms with E-state index in [1.165, 1.54) is 16.7 Å². The first-order chi connectivity index (χ1) is 8.16. The first-order valence-electron chi connectivity index (χ1n) is 5.63. The minimum absolute atomic E-state index is 0.560. The smallest absolute Gasteiger partial charge is 0.156 e. The van der Waals surface area contributed by atoms with Gasteiger partial charge in [0.1, 0.15) is 12.4 Å². The standard InChI is InChI=1S/C14H16N2O/c1-10-5-4-6-11(2)14(10)9-17-13-7-15-12(3)16-8-13/h4-8H,9H2,1-3H3. The topological polar surface area (TPSA) is 35.0 Å². The molecule has 1 aromatic heterocycles. The van der Waals surface area contributed by atoms with E-state index in [1.807, 2.05) is 6.92 Å². The van der Waals surface area contributed by atoms with Crippen LogP contribution < -0.4 is 4.74 Å². The van der Waals surface area contributed by atoms with Crippen LogP contribution in [0.2, 0.25) is 0 Å². The van der Waals surface area contributed by atoms with Gasteiger partial charge in [0.2, 0.25) is 0 Å². The van der Waals surface area contributed by atoms with Crippen molar-refractivity contribution in [3.63, 3.8) is 0 Å². The lowest BCUT2D eigenvalue weighted by Crippen LogP contribution is -2.01. The van der Waals surface area contributed by atoms with Gasteiger partial charge in [0.05, 0.1) is 12.4 Å². The van der Waals surface area contributed by atoms with Crippen molar-refractivity contribution in [2.45, 2.75) is 27.4 Å². The van der Waals surface area contributed by atoms with Gasteiger partial charge in [-0.3, -0.25) is 0 Å². The van der Waals surface area contributed by atoms with Gasteiger partial charge in [0.15, 0.2) is 5.75 Å². The summed E-state index contributed by atoms with van der Waals surface area (Å²) in [6.45, 7) is 6.61. The van der Waals surface area contributed by atoms with Crippen molar-refractivity contribution < 1.29 is 4.74 Å². The number of hydrogen-bond donors (Lipinski definition) is 0. The zero-order valence-corrected chi connectivity index (χ0v) is 10.4. The Morgan fingerprint density at radius 1 is 1.00 bits per heavy atom. The summed E-state index contributed by atoms with van der Waals surface area (Å²) in [4.78, 5) is 8.20. The molecule has 0 bridgehead atoms. The summed E-state index contributed by atoms with van der Waals surface area (Å²) in [6, 6.07) is 6.25. The number of nitrogens with zero attached hydrogens (tertiary/aromatic N) is 2. The van der Waals surface area contributed by atoms with Crippen molar-refractivity contribution in [3.05, 3.63) is 53.1 Å². The van der Waals surface area contributed by atoms with Gasteiger partial charge >= 0.3 is 0 Å². The summed E-state index contributed by atoms with van der Waals surface area (Å²) in [5.74, 6) is 1.46. The van der Waals surface area contributed by atoms with Crippen LogP contribution in [0.5, 0.6) is 5.75 Å².